The first-order chi connectivity index (χ1) is 18.8. The molecule has 0 aromatic rings. The Morgan fingerprint density at radius 3 is 0.837 bits per heavy atom. The zero-order valence-corrected chi connectivity index (χ0v) is 38.1. The van der Waals surface area contributed by atoms with Gasteiger partial charge < -0.3 is 26.7 Å². The highest BCUT2D eigenvalue weighted by molar-refractivity contribution is 6.88. The lowest BCUT2D eigenvalue weighted by Gasteiger charge is -2.43. The molecule has 0 spiro atoms. The molecule has 6 nitrogen and oxygen atoms in total. The summed E-state index contributed by atoms with van der Waals surface area (Å²) in [5.74, 6) is 0. The van der Waals surface area contributed by atoms with Gasteiger partial charge >= 0.3 is 17.1 Å². The van der Waals surface area contributed by atoms with E-state index in [1.165, 1.54) is 0 Å². The van der Waals surface area contributed by atoms with E-state index in [2.05, 4.69) is 119 Å². The van der Waals surface area contributed by atoms with Crippen LogP contribution in [0.15, 0.2) is 0 Å². The summed E-state index contributed by atoms with van der Waals surface area (Å²) in [4.78, 5) is 0. The monoisotopic (exact) mass is 712 g/mol. The van der Waals surface area contributed by atoms with Crippen molar-refractivity contribution in [1.82, 2.24) is 0 Å². The molecule has 0 radical (unpaired) electrons. The first-order valence-electron chi connectivity index (χ1n) is 16.8. The highest BCUT2D eigenvalue weighted by Crippen LogP contribution is 2.42. The Labute approximate surface area is 275 Å². The van der Waals surface area contributed by atoms with Crippen LogP contribution >= 0.6 is 0 Å². The van der Waals surface area contributed by atoms with E-state index >= 15 is 0 Å². The second kappa shape index (κ2) is 16.0. The molecule has 12 heteroatoms. The van der Waals surface area contributed by atoms with Gasteiger partial charge in [-0.25, -0.2) is 0 Å². The highest BCUT2D eigenvalue weighted by Gasteiger charge is 2.46. The Bertz CT molecular complexity index is 725. The maximum atomic E-state index is 10.5. The summed E-state index contributed by atoms with van der Waals surface area (Å²) >= 11 is 0. The second-order valence-electron chi connectivity index (χ2n) is 19.3. The van der Waals surface area contributed by atoms with Crippen LogP contribution in [0.25, 0.3) is 0 Å². The zero-order chi connectivity index (χ0) is 34.4. The molecule has 0 aliphatic carbocycles. The van der Waals surface area contributed by atoms with E-state index in [-0.39, 0.29) is 24.0 Å². The minimum Gasteiger partial charge on any atom is -0.437 e. The topological polar surface area (TPSA) is 77.4 Å². The van der Waals surface area contributed by atoms with Crippen LogP contribution in [0, 0.1) is 16.2 Å². The van der Waals surface area contributed by atoms with Gasteiger partial charge in [0.25, 0.3) is 0 Å². The van der Waals surface area contributed by atoms with Gasteiger partial charge in [0.2, 0.25) is 0 Å². The normalized spacial score (nSPS) is 15.3. The van der Waals surface area contributed by atoms with Gasteiger partial charge in [-0.15, -0.1) is 0 Å². The Morgan fingerprint density at radius 2 is 0.651 bits per heavy atom. The number of rotatable bonds is 22. The summed E-state index contributed by atoms with van der Waals surface area (Å²) < 4.78 is 27.2. The molecule has 0 unspecified atom stereocenters. The first-order valence-corrected chi connectivity index (χ1v) is 35.5. The SMILES string of the molecule is CC(C)(CCCC(CO)(CO)CCCC(C)(C)C[Si](C)(O[Si](C)(C)C)O[Si](C)(C)C)C[Si](C)(O[Si](C)(C)C)O[Si](C)(C)C. The molecule has 43 heavy (non-hydrogen) atoms. The Kier molecular flexibility index (Phi) is 16.4. The van der Waals surface area contributed by atoms with Crippen molar-refractivity contribution in [3.63, 3.8) is 0 Å². The van der Waals surface area contributed by atoms with Crippen molar-refractivity contribution in [2.75, 3.05) is 13.2 Å². The predicted molar refractivity (Wildman–Crippen MR) is 202 cm³/mol. The van der Waals surface area contributed by atoms with E-state index in [4.69, 9.17) is 16.5 Å². The van der Waals surface area contributed by atoms with Crippen LogP contribution in [-0.2, 0) is 16.5 Å². The molecular weight excluding hydrogens is 637 g/mol. The maximum absolute atomic E-state index is 10.5. The van der Waals surface area contributed by atoms with E-state index in [9.17, 15) is 10.2 Å². The van der Waals surface area contributed by atoms with E-state index in [1.807, 2.05) is 0 Å². The largest absolute Gasteiger partial charge is 0.437 e. The maximum Gasteiger partial charge on any atom is 0.314 e. The molecule has 0 saturated carbocycles. The Balaban J connectivity index is 5.43. The lowest BCUT2D eigenvalue weighted by molar-refractivity contribution is 0.0314. The van der Waals surface area contributed by atoms with Crippen LogP contribution in [0.4, 0.5) is 0 Å². The summed E-state index contributed by atoms with van der Waals surface area (Å²) in [7, 11) is -11.7. The second-order valence-corrected chi connectivity index (χ2v) is 44.7. The first kappa shape index (κ1) is 44.1. The molecule has 0 fully saturated rings. The third kappa shape index (κ3) is 20.8. The van der Waals surface area contributed by atoms with Gasteiger partial charge in [-0.05, 0) is 140 Å². The number of hydrogen-bond acceptors (Lipinski definition) is 6. The molecule has 0 atom stereocenters. The Hall–Kier alpha value is 1.06. The molecule has 0 saturated heterocycles. The molecule has 0 aliphatic heterocycles. The van der Waals surface area contributed by atoms with Gasteiger partial charge in [0.15, 0.2) is 33.3 Å². The molecule has 0 amide bonds. The lowest BCUT2D eigenvalue weighted by Crippen LogP contribution is -2.54. The average Bonchev–Trinajstić information content (AvgIpc) is 2.64. The van der Waals surface area contributed by atoms with E-state index in [1.54, 1.807) is 0 Å². The third-order valence-corrected chi connectivity index (χ3v) is 27.4. The standard InChI is InChI=1S/C31H76O6Si6/c1-29(2,27-42(17,34-38(5,6)7)35-39(8,9)10)21-19-23-31(25-32,26-33)24-20-22-30(3,4)28-43(18,36-40(11,12)13)37-41(14,15)16/h32-33H,19-28H2,1-18H3. The molecule has 260 valence electrons. The van der Waals surface area contributed by atoms with Crippen molar-refractivity contribution >= 4 is 50.4 Å². The summed E-state index contributed by atoms with van der Waals surface area (Å²) in [5.41, 5.74) is -0.303. The van der Waals surface area contributed by atoms with E-state index in [0.717, 1.165) is 50.6 Å². The van der Waals surface area contributed by atoms with Crippen molar-refractivity contribution in [3.05, 3.63) is 0 Å². The Morgan fingerprint density at radius 1 is 0.419 bits per heavy atom. The highest BCUT2D eigenvalue weighted by atomic mass is 28.5. The van der Waals surface area contributed by atoms with Crippen molar-refractivity contribution in [1.29, 1.82) is 0 Å². The zero-order valence-electron chi connectivity index (χ0n) is 32.1. The van der Waals surface area contributed by atoms with Crippen molar-refractivity contribution in [2.24, 2.45) is 16.2 Å². The van der Waals surface area contributed by atoms with Gasteiger partial charge in [-0.3, -0.25) is 0 Å². The van der Waals surface area contributed by atoms with Crippen LogP contribution in [0.5, 0.6) is 0 Å². The van der Waals surface area contributed by atoms with Gasteiger partial charge in [0.1, 0.15) is 0 Å². The van der Waals surface area contributed by atoms with E-state index < -0.39 is 55.8 Å². The molecule has 0 aromatic carbocycles. The predicted octanol–water partition coefficient (Wildman–Crippen LogP) is 9.90. The van der Waals surface area contributed by atoms with Crippen molar-refractivity contribution in [2.45, 2.75) is 170 Å². The summed E-state index contributed by atoms with van der Waals surface area (Å²) in [6.07, 6.45) is 5.66. The molecule has 0 aromatic heterocycles. The van der Waals surface area contributed by atoms with Crippen LogP contribution < -0.4 is 0 Å². The average molecular weight is 713 g/mol. The van der Waals surface area contributed by atoms with Gasteiger partial charge in [0.05, 0.1) is 13.2 Å². The molecule has 0 rings (SSSR count). The third-order valence-electron chi connectivity index (χ3n) is 7.48. The quantitative estimate of drug-likeness (QED) is 0.109. The number of aliphatic hydroxyl groups excluding tert-OH is 2. The fourth-order valence-corrected chi connectivity index (χ4v) is 33.9. The molecule has 0 heterocycles. The van der Waals surface area contributed by atoms with Crippen LogP contribution in [-0.4, -0.2) is 73.8 Å². The van der Waals surface area contributed by atoms with Gasteiger partial charge in [0, 0.05) is 5.41 Å². The van der Waals surface area contributed by atoms with Gasteiger partial charge in [-0.1, -0.05) is 40.5 Å². The van der Waals surface area contributed by atoms with Gasteiger partial charge in [-0.2, -0.15) is 0 Å². The lowest BCUT2D eigenvalue weighted by atomic mass is 9.76. The fraction of sp³-hybridized carbons (Fsp3) is 1.00. The summed E-state index contributed by atoms with van der Waals surface area (Å²) in [5, 5.41) is 21.0. The van der Waals surface area contributed by atoms with E-state index in [0.29, 0.717) is 0 Å². The molecular formula is C31H76O6Si6. The summed E-state index contributed by atoms with van der Waals surface area (Å²) in [6.45, 7) is 41.1. The summed E-state index contributed by atoms with van der Waals surface area (Å²) in [6, 6.07) is 1.94. The van der Waals surface area contributed by atoms with Crippen molar-refractivity contribution in [3.8, 4) is 0 Å². The molecule has 0 aliphatic rings. The smallest absolute Gasteiger partial charge is 0.314 e. The van der Waals surface area contributed by atoms with Crippen LogP contribution in [0.2, 0.25) is 104 Å². The number of aliphatic hydroxyl groups is 2. The van der Waals surface area contributed by atoms with Crippen LogP contribution in [0.1, 0.15) is 66.2 Å². The number of hydrogen-bond donors (Lipinski definition) is 2. The minimum absolute atomic E-state index is 0.0260. The molecule has 0 bridgehead atoms. The van der Waals surface area contributed by atoms with Crippen LogP contribution in [0.3, 0.4) is 0 Å². The molecule has 2 N–H and O–H groups in total. The van der Waals surface area contributed by atoms with Crippen molar-refractivity contribution < 1.29 is 26.7 Å². The fourth-order valence-electron chi connectivity index (χ4n) is 7.07. The minimum atomic E-state index is -2.35.